The van der Waals surface area contributed by atoms with Gasteiger partial charge in [-0.2, -0.15) is 26.3 Å². The van der Waals surface area contributed by atoms with E-state index in [1.807, 2.05) is 0 Å². The third-order valence-corrected chi connectivity index (χ3v) is 2.01. The van der Waals surface area contributed by atoms with Crippen molar-refractivity contribution in [3.63, 3.8) is 0 Å². The lowest BCUT2D eigenvalue weighted by atomic mass is 9.99. The molecular formula is C9H6F6O2. The quantitative estimate of drug-likeness (QED) is 0.762. The third-order valence-electron chi connectivity index (χ3n) is 2.01. The van der Waals surface area contributed by atoms with Gasteiger partial charge in [-0.25, -0.2) is 0 Å². The number of benzene rings is 1. The number of phenols is 1. The van der Waals surface area contributed by atoms with Crippen molar-refractivity contribution in [3.05, 3.63) is 28.8 Å². The van der Waals surface area contributed by atoms with E-state index in [4.69, 9.17) is 10.2 Å². The lowest BCUT2D eigenvalue weighted by Gasteiger charge is -2.19. The zero-order valence-corrected chi connectivity index (χ0v) is 8.02. The highest BCUT2D eigenvalue weighted by atomic mass is 19.4. The van der Waals surface area contributed by atoms with Gasteiger partial charge in [-0.1, -0.05) is 6.07 Å². The normalized spacial score (nSPS) is 12.9. The predicted molar refractivity (Wildman–Crippen MR) is 44.0 cm³/mol. The topological polar surface area (TPSA) is 40.5 Å². The number of aromatic hydroxyl groups is 1. The second-order valence-electron chi connectivity index (χ2n) is 3.15. The summed E-state index contributed by atoms with van der Waals surface area (Å²) in [5.41, 5.74) is -5.19. The predicted octanol–water partition coefficient (Wildman–Crippen LogP) is 2.92. The van der Waals surface area contributed by atoms with Crippen molar-refractivity contribution in [2.45, 2.75) is 19.0 Å². The molecule has 1 aromatic rings. The van der Waals surface area contributed by atoms with Gasteiger partial charge >= 0.3 is 12.4 Å². The second kappa shape index (κ2) is 4.10. The molecule has 0 aromatic heterocycles. The van der Waals surface area contributed by atoms with Gasteiger partial charge < -0.3 is 10.2 Å². The van der Waals surface area contributed by atoms with E-state index in [2.05, 4.69) is 0 Å². The second-order valence-corrected chi connectivity index (χ2v) is 3.15. The molecule has 2 N–H and O–H groups in total. The molecule has 96 valence electrons. The zero-order valence-electron chi connectivity index (χ0n) is 8.02. The van der Waals surface area contributed by atoms with Crippen molar-refractivity contribution in [3.8, 4) is 5.75 Å². The van der Waals surface area contributed by atoms with Gasteiger partial charge in [0.2, 0.25) is 0 Å². The lowest BCUT2D eigenvalue weighted by Crippen LogP contribution is -2.19. The van der Waals surface area contributed by atoms with E-state index in [-0.39, 0.29) is 0 Å². The van der Waals surface area contributed by atoms with Gasteiger partial charge in [-0.3, -0.25) is 0 Å². The summed E-state index contributed by atoms with van der Waals surface area (Å²) in [6.45, 7) is -1.21. The summed E-state index contributed by atoms with van der Waals surface area (Å²) in [4.78, 5) is 0. The Morgan fingerprint density at radius 1 is 0.882 bits per heavy atom. The molecule has 0 radical (unpaired) electrons. The van der Waals surface area contributed by atoms with Gasteiger partial charge in [0, 0.05) is 0 Å². The maximum absolute atomic E-state index is 12.5. The minimum absolute atomic E-state index is 0.462. The van der Waals surface area contributed by atoms with Crippen molar-refractivity contribution in [2.75, 3.05) is 0 Å². The van der Waals surface area contributed by atoms with E-state index in [0.29, 0.717) is 12.1 Å². The van der Waals surface area contributed by atoms with Crippen LogP contribution in [0.1, 0.15) is 16.7 Å². The lowest BCUT2D eigenvalue weighted by molar-refractivity contribution is -0.163. The van der Waals surface area contributed by atoms with Gasteiger partial charge in [0.15, 0.2) is 0 Å². The van der Waals surface area contributed by atoms with Crippen molar-refractivity contribution >= 4 is 0 Å². The van der Waals surface area contributed by atoms with Gasteiger partial charge in [0.25, 0.3) is 0 Å². The molecule has 0 spiro atoms. The monoisotopic (exact) mass is 260 g/mol. The summed E-state index contributed by atoms with van der Waals surface area (Å²) < 4.78 is 74.7. The van der Waals surface area contributed by atoms with Gasteiger partial charge in [-0.15, -0.1) is 0 Å². The molecule has 0 saturated heterocycles. The maximum atomic E-state index is 12.5. The number of alkyl halides is 6. The average molecular weight is 260 g/mol. The highest BCUT2D eigenvalue weighted by Gasteiger charge is 2.46. The molecule has 0 unspecified atom stereocenters. The Bertz CT molecular complexity index is 421. The van der Waals surface area contributed by atoms with E-state index in [0.717, 1.165) is 0 Å². The number of aliphatic hydroxyl groups excluding tert-OH is 1. The zero-order chi connectivity index (χ0) is 13.4. The summed E-state index contributed by atoms with van der Waals surface area (Å²) in [6.07, 6.45) is -10.7. The highest BCUT2D eigenvalue weighted by Crippen LogP contribution is 2.46. The van der Waals surface area contributed by atoms with Crippen LogP contribution in [0.5, 0.6) is 5.75 Å². The number of halogens is 6. The van der Waals surface area contributed by atoms with Gasteiger partial charge in [0.1, 0.15) is 11.3 Å². The number of hydrogen-bond donors (Lipinski definition) is 2. The molecule has 0 saturated carbocycles. The van der Waals surface area contributed by atoms with Gasteiger partial charge in [0.05, 0.1) is 12.2 Å². The molecule has 0 heterocycles. The molecule has 0 bridgehead atoms. The van der Waals surface area contributed by atoms with E-state index >= 15 is 0 Å². The first-order valence-corrected chi connectivity index (χ1v) is 4.19. The van der Waals surface area contributed by atoms with Crippen LogP contribution in [-0.2, 0) is 19.0 Å². The van der Waals surface area contributed by atoms with Crippen molar-refractivity contribution in [2.24, 2.45) is 0 Å². The van der Waals surface area contributed by atoms with Crippen LogP contribution in [0.3, 0.4) is 0 Å². The smallest absolute Gasteiger partial charge is 0.420 e. The Kier molecular flexibility index (Phi) is 3.28. The largest absolute Gasteiger partial charge is 0.507 e. The summed E-state index contributed by atoms with van der Waals surface area (Å²) in [6, 6.07) is 1.05. The molecule has 0 aliphatic carbocycles. The molecule has 0 atom stereocenters. The van der Waals surface area contributed by atoms with Crippen LogP contribution < -0.4 is 0 Å². The Morgan fingerprint density at radius 3 is 1.71 bits per heavy atom. The summed E-state index contributed by atoms with van der Waals surface area (Å²) >= 11 is 0. The van der Waals surface area contributed by atoms with Crippen LogP contribution in [0.15, 0.2) is 12.1 Å². The molecule has 1 aromatic carbocycles. The maximum Gasteiger partial charge on any atom is 0.420 e. The number of rotatable bonds is 1. The van der Waals surface area contributed by atoms with Gasteiger partial charge in [-0.05, 0) is 11.6 Å². The van der Waals surface area contributed by atoms with Crippen LogP contribution in [0.4, 0.5) is 26.3 Å². The molecule has 0 aliphatic rings. The van der Waals surface area contributed by atoms with Crippen molar-refractivity contribution < 1.29 is 36.6 Å². The SMILES string of the molecule is OCc1ccc(O)c(C(F)(F)F)c1C(F)(F)F. The summed E-state index contributed by atoms with van der Waals surface area (Å²) in [5, 5.41) is 17.5. The molecule has 0 aliphatic heterocycles. The Balaban J connectivity index is 3.67. The van der Waals surface area contributed by atoms with Crippen LogP contribution in [0.2, 0.25) is 0 Å². The van der Waals surface area contributed by atoms with E-state index in [9.17, 15) is 26.3 Å². The molecule has 2 nitrogen and oxygen atoms in total. The molecule has 0 fully saturated rings. The van der Waals surface area contributed by atoms with Crippen LogP contribution >= 0.6 is 0 Å². The van der Waals surface area contributed by atoms with Crippen LogP contribution in [0, 0.1) is 0 Å². The minimum atomic E-state index is -5.36. The van der Waals surface area contributed by atoms with E-state index in [1.54, 1.807) is 0 Å². The molecule has 8 heteroatoms. The molecule has 0 amide bonds. The highest BCUT2D eigenvalue weighted by molar-refractivity contribution is 5.47. The van der Waals surface area contributed by atoms with E-state index < -0.39 is 41.4 Å². The Hall–Kier alpha value is -1.44. The van der Waals surface area contributed by atoms with Crippen LogP contribution in [-0.4, -0.2) is 10.2 Å². The first-order chi connectivity index (χ1) is 7.59. The molecular weight excluding hydrogens is 254 g/mol. The fourth-order valence-corrected chi connectivity index (χ4v) is 1.38. The Labute approximate surface area is 91.1 Å². The minimum Gasteiger partial charge on any atom is -0.507 e. The standard InChI is InChI=1S/C9H6F6O2/c10-8(11,12)6-4(3-16)1-2-5(17)7(6)9(13,14)15/h1-2,16-17H,3H2. The van der Waals surface area contributed by atoms with Crippen LogP contribution in [0.25, 0.3) is 0 Å². The van der Waals surface area contributed by atoms with E-state index in [1.165, 1.54) is 0 Å². The van der Waals surface area contributed by atoms with Crippen molar-refractivity contribution in [1.29, 1.82) is 0 Å². The Morgan fingerprint density at radius 2 is 1.35 bits per heavy atom. The number of aliphatic hydroxyl groups is 1. The molecule has 17 heavy (non-hydrogen) atoms. The molecule has 1 rings (SSSR count). The first-order valence-electron chi connectivity index (χ1n) is 4.19. The summed E-state index contributed by atoms with van der Waals surface area (Å²) in [7, 11) is 0. The average Bonchev–Trinajstić information content (AvgIpc) is 2.13. The number of phenolic OH excluding ortho intramolecular Hbond substituents is 1. The first kappa shape index (κ1) is 13.6. The summed E-state index contributed by atoms with van der Waals surface area (Å²) in [5.74, 6) is -1.53. The fraction of sp³-hybridized carbons (Fsp3) is 0.333. The third kappa shape index (κ3) is 2.63. The van der Waals surface area contributed by atoms with Crippen molar-refractivity contribution in [1.82, 2.24) is 0 Å². The fourth-order valence-electron chi connectivity index (χ4n) is 1.38. The number of hydrogen-bond acceptors (Lipinski definition) is 2.